The van der Waals surface area contributed by atoms with Gasteiger partial charge in [0, 0.05) is 12.2 Å². The van der Waals surface area contributed by atoms with Crippen LogP contribution in [-0.2, 0) is 0 Å². The molecule has 1 atom stereocenters. The van der Waals surface area contributed by atoms with E-state index in [0.717, 1.165) is 0 Å². The molecule has 0 spiro atoms. The smallest absolute Gasteiger partial charge is 0.213 e. The molecule has 1 aromatic heterocycles. The molecule has 0 saturated heterocycles. The number of pyridine rings is 1. The van der Waals surface area contributed by atoms with Crippen molar-refractivity contribution in [3.63, 3.8) is 0 Å². The van der Waals surface area contributed by atoms with E-state index in [2.05, 4.69) is 11.6 Å². The average molecular weight is 152 g/mol. The lowest BCUT2D eigenvalue weighted by molar-refractivity contribution is 0.580. The first kappa shape index (κ1) is 7.88. The topological polar surface area (TPSA) is 38.9 Å². The molecule has 0 saturated carbocycles. The second-order valence-electron chi connectivity index (χ2n) is 2.17. The van der Waals surface area contributed by atoms with Crippen LogP contribution in [0.3, 0.4) is 0 Å². The van der Waals surface area contributed by atoms with Crippen LogP contribution >= 0.6 is 0 Å². The molecule has 2 nitrogen and oxygen atoms in total. The fourth-order valence-corrected chi connectivity index (χ4v) is 0.761. The molecule has 0 aromatic carbocycles. The van der Waals surface area contributed by atoms with Crippen molar-refractivity contribution in [2.24, 2.45) is 5.73 Å². The van der Waals surface area contributed by atoms with E-state index in [0.29, 0.717) is 5.56 Å². The Labute approximate surface area is 64.6 Å². The Bertz CT molecular complexity index is 260. The van der Waals surface area contributed by atoms with E-state index in [9.17, 15) is 4.39 Å². The Hall–Kier alpha value is -1.22. The molecule has 0 bridgehead atoms. The lowest BCUT2D eigenvalue weighted by Gasteiger charge is -2.04. The van der Waals surface area contributed by atoms with Gasteiger partial charge in [0.2, 0.25) is 5.95 Å². The average Bonchev–Trinajstić information content (AvgIpc) is 2.03. The molecule has 3 heteroatoms. The van der Waals surface area contributed by atoms with Crippen LogP contribution in [0.15, 0.2) is 31.0 Å². The van der Waals surface area contributed by atoms with Crippen molar-refractivity contribution in [2.75, 3.05) is 0 Å². The zero-order valence-corrected chi connectivity index (χ0v) is 6.00. The van der Waals surface area contributed by atoms with E-state index in [-0.39, 0.29) is 6.04 Å². The van der Waals surface area contributed by atoms with Crippen molar-refractivity contribution in [3.05, 3.63) is 42.5 Å². The molecule has 0 amide bonds. The summed E-state index contributed by atoms with van der Waals surface area (Å²) in [6, 6.07) is 2.65. The number of hydrogen-bond donors (Lipinski definition) is 1. The molecule has 1 heterocycles. The van der Waals surface area contributed by atoms with E-state index in [4.69, 9.17) is 5.73 Å². The van der Waals surface area contributed by atoms with Gasteiger partial charge in [-0.2, -0.15) is 4.39 Å². The van der Waals surface area contributed by atoms with E-state index in [1.807, 2.05) is 0 Å². The van der Waals surface area contributed by atoms with Gasteiger partial charge in [-0.3, -0.25) is 0 Å². The number of nitrogens with zero attached hydrogens (tertiary/aromatic N) is 1. The standard InChI is InChI=1S/C8H9FN2/c1-2-7(10)6-3-4-11-8(9)5-6/h2-5,7H,1,10H2. The van der Waals surface area contributed by atoms with Crippen LogP contribution in [0.4, 0.5) is 4.39 Å². The quantitative estimate of drug-likeness (QED) is 0.514. The molecule has 0 aliphatic rings. The largest absolute Gasteiger partial charge is 0.321 e. The lowest BCUT2D eigenvalue weighted by atomic mass is 10.1. The van der Waals surface area contributed by atoms with Crippen LogP contribution < -0.4 is 5.73 Å². The van der Waals surface area contributed by atoms with Gasteiger partial charge in [0.05, 0.1) is 0 Å². The number of halogens is 1. The van der Waals surface area contributed by atoms with Gasteiger partial charge < -0.3 is 5.73 Å². The zero-order valence-electron chi connectivity index (χ0n) is 6.00. The van der Waals surface area contributed by atoms with Crippen LogP contribution in [0.25, 0.3) is 0 Å². The molecule has 2 N–H and O–H groups in total. The number of hydrogen-bond acceptors (Lipinski definition) is 2. The van der Waals surface area contributed by atoms with Gasteiger partial charge in [0.1, 0.15) is 0 Å². The Morgan fingerprint density at radius 2 is 2.45 bits per heavy atom. The summed E-state index contributed by atoms with van der Waals surface area (Å²) in [5.74, 6) is -0.514. The Kier molecular flexibility index (Phi) is 2.33. The predicted octanol–water partition coefficient (Wildman–Crippen LogP) is 1.41. The van der Waals surface area contributed by atoms with Crippen molar-refractivity contribution in [1.82, 2.24) is 4.98 Å². The van der Waals surface area contributed by atoms with Crippen LogP contribution in [-0.4, -0.2) is 4.98 Å². The van der Waals surface area contributed by atoms with E-state index in [1.54, 1.807) is 12.1 Å². The maximum absolute atomic E-state index is 12.5. The second kappa shape index (κ2) is 3.25. The molecule has 0 aliphatic heterocycles. The molecule has 1 rings (SSSR count). The van der Waals surface area contributed by atoms with E-state index >= 15 is 0 Å². The molecule has 1 unspecified atom stereocenters. The normalized spacial score (nSPS) is 12.5. The molecular formula is C8H9FN2. The highest BCUT2D eigenvalue weighted by Crippen LogP contribution is 2.09. The summed E-state index contributed by atoms with van der Waals surface area (Å²) in [5, 5.41) is 0. The van der Waals surface area contributed by atoms with Crippen LogP contribution in [0, 0.1) is 5.95 Å². The third-order valence-electron chi connectivity index (χ3n) is 1.39. The van der Waals surface area contributed by atoms with Crippen LogP contribution in [0.2, 0.25) is 0 Å². The van der Waals surface area contributed by atoms with Gasteiger partial charge in [-0.05, 0) is 17.7 Å². The summed E-state index contributed by atoms with van der Waals surface area (Å²) < 4.78 is 12.5. The molecular weight excluding hydrogens is 143 g/mol. The van der Waals surface area contributed by atoms with Gasteiger partial charge in [-0.1, -0.05) is 6.08 Å². The Morgan fingerprint density at radius 1 is 1.73 bits per heavy atom. The predicted molar refractivity (Wildman–Crippen MR) is 41.3 cm³/mol. The summed E-state index contributed by atoms with van der Waals surface area (Å²) in [6.07, 6.45) is 2.93. The Balaban J connectivity index is 2.95. The first-order chi connectivity index (χ1) is 5.24. The fourth-order valence-electron chi connectivity index (χ4n) is 0.761. The van der Waals surface area contributed by atoms with E-state index < -0.39 is 5.95 Å². The van der Waals surface area contributed by atoms with Crippen molar-refractivity contribution < 1.29 is 4.39 Å². The highest BCUT2D eigenvalue weighted by molar-refractivity contribution is 5.18. The summed E-state index contributed by atoms with van der Waals surface area (Å²) in [4.78, 5) is 3.40. The first-order valence-corrected chi connectivity index (χ1v) is 3.23. The van der Waals surface area contributed by atoms with Crippen LogP contribution in [0.1, 0.15) is 11.6 Å². The number of aromatic nitrogens is 1. The van der Waals surface area contributed by atoms with Gasteiger partial charge in [-0.15, -0.1) is 6.58 Å². The summed E-state index contributed by atoms with van der Waals surface area (Å²) >= 11 is 0. The fraction of sp³-hybridized carbons (Fsp3) is 0.125. The van der Waals surface area contributed by atoms with Crippen molar-refractivity contribution >= 4 is 0 Å². The first-order valence-electron chi connectivity index (χ1n) is 3.23. The SMILES string of the molecule is C=CC(N)c1ccnc(F)c1. The third-order valence-corrected chi connectivity index (χ3v) is 1.39. The van der Waals surface area contributed by atoms with E-state index in [1.165, 1.54) is 12.3 Å². The summed E-state index contributed by atoms with van der Waals surface area (Å²) in [7, 11) is 0. The molecule has 1 aromatic rings. The molecule has 0 aliphatic carbocycles. The molecule has 0 radical (unpaired) electrons. The maximum Gasteiger partial charge on any atom is 0.213 e. The minimum absolute atomic E-state index is 0.313. The minimum atomic E-state index is -0.514. The Morgan fingerprint density at radius 3 is 3.00 bits per heavy atom. The lowest BCUT2D eigenvalue weighted by Crippen LogP contribution is -2.06. The third kappa shape index (κ3) is 1.85. The number of rotatable bonds is 2. The summed E-state index contributed by atoms with van der Waals surface area (Å²) in [5.41, 5.74) is 6.24. The highest BCUT2D eigenvalue weighted by atomic mass is 19.1. The second-order valence-corrected chi connectivity index (χ2v) is 2.17. The van der Waals surface area contributed by atoms with Crippen molar-refractivity contribution in [2.45, 2.75) is 6.04 Å². The van der Waals surface area contributed by atoms with Gasteiger partial charge in [-0.25, -0.2) is 4.98 Å². The molecule has 11 heavy (non-hydrogen) atoms. The van der Waals surface area contributed by atoms with Crippen molar-refractivity contribution in [1.29, 1.82) is 0 Å². The van der Waals surface area contributed by atoms with Crippen molar-refractivity contribution in [3.8, 4) is 0 Å². The van der Waals surface area contributed by atoms with Gasteiger partial charge >= 0.3 is 0 Å². The zero-order chi connectivity index (χ0) is 8.27. The van der Waals surface area contributed by atoms with Gasteiger partial charge in [0.25, 0.3) is 0 Å². The highest BCUT2D eigenvalue weighted by Gasteiger charge is 2.01. The number of nitrogens with two attached hydrogens (primary N) is 1. The monoisotopic (exact) mass is 152 g/mol. The molecule has 58 valence electrons. The minimum Gasteiger partial charge on any atom is -0.321 e. The van der Waals surface area contributed by atoms with Crippen LogP contribution in [0.5, 0.6) is 0 Å². The summed E-state index contributed by atoms with van der Waals surface area (Å²) in [6.45, 7) is 3.50. The maximum atomic E-state index is 12.5. The molecule has 0 fully saturated rings. The van der Waals surface area contributed by atoms with Gasteiger partial charge in [0.15, 0.2) is 0 Å².